The van der Waals surface area contributed by atoms with E-state index in [-0.39, 0.29) is 6.03 Å². The molecule has 2 amide bonds. The zero-order valence-corrected chi connectivity index (χ0v) is 10.8. The predicted molar refractivity (Wildman–Crippen MR) is 66.6 cm³/mol. The molecule has 0 radical (unpaired) electrons. The molecule has 0 aromatic heterocycles. The first-order chi connectivity index (χ1) is 7.69. The first-order valence-electron chi connectivity index (χ1n) is 6.42. The number of amides is 2. The van der Waals surface area contributed by atoms with Crippen molar-refractivity contribution in [3.8, 4) is 0 Å². The molecular formula is C12H25N3O. The summed E-state index contributed by atoms with van der Waals surface area (Å²) in [4.78, 5) is 15.4. The normalized spacial score (nSPS) is 18.3. The molecule has 1 saturated heterocycles. The molecule has 1 aliphatic heterocycles. The molecule has 1 unspecified atom stereocenters. The molecule has 16 heavy (non-hydrogen) atoms. The van der Waals surface area contributed by atoms with Gasteiger partial charge in [-0.2, -0.15) is 0 Å². The number of carbonyl (C=O) groups excluding carboxylic acids is 1. The Morgan fingerprint density at radius 1 is 1.38 bits per heavy atom. The van der Waals surface area contributed by atoms with Gasteiger partial charge in [-0.15, -0.1) is 0 Å². The fraction of sp³-hybridized carbons (Fsp3) is 0.917. The Morgan fingerprint density at radius 2 is 2.12 bits per heavy atom. The summed E-state index contributed by atoms with van der Waals surface area (Å²) in [7, 11) is 1.87. The Balaban J connectivity index is 2.17. The summed E-state index contributed by atoms with van der Waals surface area (Å²) >= 11 is 0. The van der Waals surface area contributed by atoms with Gasteiger partial charge in [-0.3, -0.25) is 0 Å². The van der Waals surface area contributed by atoms with Crippen LogP contribution in [0, 0.1) is 0 Å². The molecule has 1 atom stereocenters. The zero-order valence-electron chi connectivity index (χ0n) is 10.8. The van der Waals surface area contributed by atoms with E-state index in [0.29, 0.717) is 6.04 Å². The monoisotopic (exact) mass is 227 g/mol. The molecule has 0 aromatic carbocycles. The Morgan fingerprint density at radius 3 is 2.62 bits per heavy atom. The number of likely N-dealkylation sites (N-methyl/N-ethyl adjacent to an activating group) is 1. The zero-order chi connectivity index (χ0) is 12.0. The third kappa shape index (κ3) is 3.67. The second-order valence-corrected chi connectivity index (χ2v) is 4.50. The second-order valence-electron chi connectivity index (χ2n) is 4.50. The molecule has 0 spiro atoms. The van der Waals surface area contributed by atoms with E-state index in [1.165, 1.54) is 6.42 Å². The van der Waals surface area contributed by atoms with Crippen LogP contribution >= 0.6 is 0 Å². The van der Waals surface area contributed by atoms with Crippen molar-refractivity contribution in [1.29, 1.82) is 0 Å². The highest BCUT2D eigenvalue weighted by molar-refractivity contribution is 5.76. The van der Waals surface area contributed by atoms with Crippen molar-refractivity contribution in [3.05, 3.63) is 0 Å². The summed E-state index contributed by atoms with van der Waals surface area (Å²) in [5.41, 5.74) is 0. The Labute approximate surface area is 99.0 Å². The largest absolute Gasteiger partial charge is 0.326 e. The van der Waals surface area contributed by atoms with Crippen LogP contribution in [0.25, 0.3) is 0 Å². The van der Waals surface area contributed by atoms with Crippen LogP contribution in [0.5, 0.6) is 0 Å². The summed E-state index contributed by atoms with van der Waals surface area (Å²) in [6.07, 6.45) is 3.44. The number of nitrogens with zero attached hydrogens (tertiary/aromatic N) is 2. The quantitative estimate of drug-likeness (QED) is 0.716. The maximum atomic E-state index is 11.6. The molecule has 1 aliphatic rings. The van der Waals surface area contributed by atoms with Gasteiger partial charge in [0.15, 0.2) is 0 Å². The van der Waals surface area contributed by atoms with Crippen molar-refractivity contribution in [2.24, 2.45) is 0 Å². The highest BCUT2D eigenvalue weighted by Gasteiger charge is 2.24. The molecular weight excluding hydrogens is 202 g/mol. The third-order valence-electron chi connectivity index (χ3n) is 3.27. The van der Waals surface area contributed by atoms with E-state index in [2.05, 4.69) is 19.2 Å². The average Bonchev–Trinajstić information content (AvgIpc) is 2.59. The predicted octanol–water partition coefficient (Wildman–Crippen LogP) is 1.52. The highest BCUT2D eigenvalue weighted by atomic mass is 16.2. The minimum absolute atomic E-state index is 0.191. The van der Waals surface area contributed by atoms with Gasteiger partial charge in [0.25, 0.3) is 0 Å². The molecule has 0 bridgehead atoms. The molecule has 0 saturated carbocycles. The summed E-state index contributed by atoms with van der Waals surface area (Å²) in [5, 5.41) is 3.46. The molecule has 4 heteroatoms. The third-order valence-corrected chi connectivity index (χ3v) is 3.27. The van der Waals surface area contributed by atoms with Gasteiger partial charge < -0.3 is 15.1 Å². The SMILES string of the molecule is CCNC(CC)CCCN1CCN(C)C1=O. The molecule has 0 aromatic rings. The van der Waals surface area contributed by atoms with Crippen LogP contribution in [-0.2, 0) is 0 Å². The Kier molecular flexibility index (Phi) is 5.60. The number of rotatable bonds is 7. The number of hydrogen-bond donors (Lipinski definition) is 1. The fourth-order valence-corrected chi connectivity index (χ4v) is 2.18. The molecule has 1 heterocycles. The van der Waals surface area contributed by atoms with Crippen LogP contribution in [0.2, 0.25) is 0 Å². The molecule has 1 fully saturated rings. The minimum atomic E-state index is 0.191. The van der Waals surface area contributed by atoms with Crippen LogP contribution in [0.15, 0.2) is 0 Å². The van der Waals surface area contributed by atoms with Crippen molar-refractivity contribution in [3.63, 3.8) is 0 Å². The topological polar surface area (TPSA) is 35.6 Å². The van der Waals surface area contributed by atoms with Crippen molar-refractivity contribution < 1.29 is 4.79 Å². The summed E-state index contributed by atoms with van der Waals surface area (Å²) in [6.45, 7) is 8.06. The number of carbonyl (C=O) groups is 1. The highest BCUT2D eigenvalue weighted by Crippen LogP contribution is 2.09. The van der Waals surface area contributed by atoms with Gasteiger partial charge in [0, 0.05) is 32.7 Å². The first kappa shape index (κ1) is 13.3. The van der Waals surface area contributed by atoms with E-state index in [0.717, 1.165) is 39.0 Å². The summed E-state index contributed by atoms with van der Waals surface area (Å²) in [6, 6.07) is 0.803. The summed E-state index contributed by atoms with van der Waals surface area (Å²) < 4.78 is 0. The van der Waals surface area contributed by atoms with Gasteiger partial charge in [-0.25, -0.2) is 4.79 Å². The lowest BCUT2D eigenvalue weighted by Gasteiger charge is -2.19. The van der Waals surface area contributed by atoms with Crippen molar-refractivity contribution in [1.82, 2.24) is 15.1 Å². The van der Waals surface area contributed by atoms with Crippen LogP contribution in [0.4, 0.5) is 4.79 Å². The van der Waals surface area contributed by atoms with Crippen LogP contribution < -0.4 is 5.32 Å². The van der Waals surface area contributed by atoms with Crippen LogP contribution in [0.1, 0.15) is 33.1 Å². The molecule has 0 aliphatic carbocycles. The molecule has 1 N–H and O–H groups in total. The Hall–Kier alpha value is -0.770. The smallest absolute Gasteiger partial charge is 0.319 e. The van der Waals surface area contributed by atoms with E-state index in [1.54, 1.807) is 4.90 Å². The van der Waals surface area contributed by atoms with E-state index in [4.69, 9.17) is 0 Å². The van der Waals surface area contributed by atoms with E-state index >= 15 is 0 Å². The van der Waals surface area contributed by atoms with E-state index < -0.39 is 0 Å². The van der Waals surface area contributed by atoms with Crippen molar-refractivity contribution >= 4 is 6.03 Å². The van der Waals surface area contributed by atoms with Gasteiger partial charge in [-0.05, 0) is 25.8 Å². The van der Waals surface area contributed by atoms with Gasteiger partial charge in [-0.1, -0.05) is 13.8 Å². The van der Waals surface area contributed by atoms with Crippen molar-refractivity contribution in [2.75, 3.05) is 33.2 Å². The van der Waals surface area contributed by atoms with Crippen LogP contribution in [0.3, 0.4) is 0 Å². The standard InChI is InChI=1S/C12H25N3O/c1-4-11(13-5-2)7-6-8-15-10-9-14(3)12(15)16/h11,13H,4-10H2,1-3H3. The number of urea groups is 1. The van der Waals surface area contributed by atoms with Gasteiger partial charge in [0.1, 0.15) is 0 Å². The lowest BCUT2D eigenvalue weighted by molar-refractivity contribution is 0.197. The maximum absolute atomic E-state index is 11.6. The van der Waals surface area contributed by atoms with E-state index in [1.807, 2.05) is 11.9 Å². The molecule has 94 valence electrons. The lowest BCUT2D eigenvalue weighted by Crippen LogP contribution is -2.32. The second kappa shape index (κ2) is 6.74. The Bertz CT molecular complexity index is 220. The minimum Gasteiger partial charge on any atom is -0.326 e. The molecule has 4 nitrogen and oxygen atoms in total. The van der Waals surface area contributed by atoms with Crippen molar-refractivity contribution in [2.45, 2.75) is 39.2 Å². The summed E-state index contributed by atoms with van der Waals surface area (Å²) in [5.74, 6) is 0. The van der Waals surface area contributed by atoms with Gasteiger partial charge in [0.2, 0.25) is 0 Å². The number of hydrogen-bond acceptors (Lipinski definition) is 2. The fourth-order valence-electron chi connectivity index (χ4n) is 2.18. The average molecular weight is 227 g/mol. The number of nitrogens with one attached hydrogen (secondary N) is 1. The van der Waals surface area contributed by atoms with Gasteiger partial charge in [0.05, 0.1) is 0 Å². The lowest BCUT2D eigenvalue weighted by atomic mass is 10.1. The van der Waals surface area contributed by atoms with E-state index in [9.17, 15) is 4.79 Å². The molecule has 1 rings (SSSR count). The maximum Gasteiger partial charge on any atom is 0.319 e. The van der Waals surface area contributed by atoms with Gasteiger partial charge >= 0.3 is 6.03 Å². The first-order valence-corrected chi connectivity index (χ1v) is 6.42. The van der Waals surface area contributed by atoms with Crippen LogP contribution in [-0.4, -0.2) is 55.1 Å².